The molecule has 4 rings (SSSR count). The summed E-state index contributed by atoms with van der Waals surface area (Å²) in [6.07, 6.45) is 9.69. The van der Waals surface area contributed by atoms with Crippen molar-refractivity contribution < 1.29 is 28.5 Å². The average Bonchev–Trinajstić information content (AvgIpc) is 3.12. The molecular formula is C39H42Cl4N2O6. The van der Waals surface area contributed by atoms with Crippen molar-refractivity contribution in [3.05, 3.63) is 104 Å². The number of nitrogens with one attached hydrogen (secondary N) is 2. The summed E-state index contributed by atoms with van der Waals surface area (Å²) < 4.78 is 21.5. The fourth-order valence-electron chi connectivity index (χ4n) is 5.40. The minimum Gasteiger partial charge on any atom is -0.490 e. The zero-order valence-electron chi connectivity index (χ0n) is 28.7. The molecule has 0 aromatic heterocycles. The highest BCUT2D eigenvalue weighted by atomic mass is 35.5. The van der Waals surface area contributed by atoms with Crippen LogP contribution in [0.15, 0.2) is 72.8 Å². The van der Waals surface area contributed by atoms with E-state index in [2.05, 4.69) is 10.6 Å². The van der Waals surface area contributed by atoms with Crippen LogP contribution >= 0.6 is 46.4 Å². The molecule has 4 aromatic carbocycles. The molecule has 0 aliphatic rings. The van der Waals surface area contributed by atoms with Crippen LogP contribution in [0.4, 0.5) is 22.7 Å². The minimum absolute atomic E-state index is 0.392. The van der Waals surface area contributed by atoms with E-state index in [0.29, 0.717) is 78.7 Å². The number of benzene rings is 4. The second-order valence-electron chi connectivity index (χ2n) is 11.7. The molecule has 0 bridgehead atoms. The molecule has 0 saturated heterocycles. The molecule has 0 amide bonds. The first kappa shape index (κ1) is 40.0. The van der Waals surface area contributed by atoms with E-state index >= 15 is 0 Å². The number of rotatable bonds is 20. The highest BCUT2D eigenvalue weighted by Gasteiger charge is 2.16. The predicted molar refractivity (Wildman–Crippen MR) is 208 cm³/mol. The van der Waals surface area contributed by atoms with Gasteiger partial charge in [-0.3, -0.25) is 0 Å². The summed E-state index contributed by atoms with van der Waals surface area (Å²) in [4.78, 5) is 24.2. The Labute approximate surface area is 319 Å². The van der Waals surface area contributed by atoms with Crippen molar-refractivity contribution in [2.75, 3.05) is 38.1 Å². The van der Waals surface area contributed by atoms with Gasteiger partial charge in [-0.1, -0.05) is 116 Å². The van der Waals surface area contributed by atoms with Crippen molar-refractivity contribution in [2.24, 2.45) is 0 Å². The molecule has 2 N–H and O–H groups in total. The van der Waals surface area contributed by atoms with Crippen LogP contribution in [0.3, 0.4) is 0 Å². The van der Waals surface area contributed by atoms with Crippen molar-refractivity contribution in [1.82, 2.24) is 0 Å². The van der Waals surface area contributed by atoms with Gasteiger partial charge in [0.2, 0.25) is 0 Å². The summed E-state index contributed by atoms with van der Waals surface area (Å²) in [6, 6.07) is 21.0. The van der Waals surface area contributed by atoms with Gasteiger partial charge >= 0.3 is 11.9 Å². The largest absolute Gasteiger partial charge is 0.490 e. The van der Waals surface area contributed by atoms with Crippen LogP contribution in [0.25, 0.3) is 0 Å². The molecule has 0 spiro atoms. The Kier molecular flexibility index (Phi) is 16.4. The summed E-state index contributed by atoms with van der Waals surface area (Å²) in [5, 5.41) is 7.93. The molecule has 12 heteroatoms. The molecular weight excluding hydrogens is 734 g/mol. The number of unbranched alkanes of at least 4 members (excludes halogenated alkanes) is 8. The predicted octanol–water partition coefficient (Wildman–Crippen LogP) is 12.3. The van der Waals surface area contributed by atoms with E-state index in [1.54, 1.807) is 60.7 Å². The minimum atomic E-state index is -0.439. The monoisotopic (exact) mass is 774 g/mol. The quantitative estimate of drug-likeness (QED) is 0.0677. The molecule has 0 heterocycles. The molecule has 8 nitrogen and oxygen atoms in total. The van der Waals surface area contributed by atoms with E-state index in [1.807, 2.05) is 12.1 Å². The van der Waals surface area contributed by atoms with E-state index in [4.69, 9.17) is 65.4 Å². The maximum atomic E-state index is 12.1. The van der Waals surface area contributed by atoms with E-state index < -0.39 is 11.9 Å². The highest BCUT2D eigenvalue weighted by Crippen LogP contribution is 2.39. The van der Waals surface area contributed by atoms with E-state index in [9.17, 15) is 9.59 Å². The number of ether oxygens (including phenoxy) is 4. The van der Waals surface area contributed by atoms with E-state index in [0.717, 1.165) is 38.5 Å². The van der Waals surface area contributed by atoms with Gasteiger partial charge in [0, 0.05) is 11.4 Å². The first-order valence-electron chi connectivity index (χ1n) is 16.8. The van der Waals surface area contributed by atoms with Crippen molar-refractivity contribution >= 4 is 81.1 Å². The maximum absolute atomic E-state index is 12.1. The fraction of sp³-hybridized carbons (Fsp3) is 0.333. The third-order valence-corrected chi connectivity index (χ3v) is 9.12. The van der Waals surface area contributed by atoms with Crippen LogP contribution in [0.1, 0.15) is 78.5 Å². The number of hydrogen-bond acceptors (Lipinski definition) is 8. The number of methoxy groups -OCH3 is 2. The first-order chi connectivity index (χ1) is 24.7. The maximum Gasteiger partial charge on any atom is 0.339 e. The van der Waals surface area contributed by atoms with Crippen LogP contribution < -0.4 is 20.1 Å². The molecule has 0 fully saturated rings. The van der Waals surface area contributed by atoms with Gasteiger partial charge in [-0.05, 0) is 61.4 Å². The van der Waals surface area contributed by atoms with Gasteiger partial charge in [0.05, 0.1) is 70.0 Å². The third-order valence-electron chi connectivity index (χ3n) is 8.00. The summed E-state index contributed by atoms with van der Waals surface area (Å²) >= 11 is 26.0. The number of halogens is 4. The molecule has 272 valence electrons. The van der Waals surface area contributed by atoms with E-state index in [1.165, 1.54) is 33.5 Å². The van der Waals surface area contributed by atoms with Crippen LogP contribution in [0.2, 0.25) is 20.1 Å². The lowest BCUT2D eigenvalue weighted by molar-refractivity contribution is 0.0593. The highest BCUT2D eigenvalue weighted by molar-refractivity contribution is 6.38. The Morgan fingerprint density at radius 1 is 0.510 bits per heavy atom. The third kappa shape index (κ3) is 12.1. The summed E-state index contributed by atoms with van der Waals surface area (Å²) in [6.45, 7) is 1.04. The molecule has 51 heavy (non-hydrogen) atoms. The Bertz CT molecular complexity index is 1600. The van der Waals surface area contributed by atoms with Gasteiger partial charge in [0.1, 0.15) is 0 Å². The molecule has 0 radical (unpaired) electrons. The number of hydrogen-bond donors (Lipinski definition) is 2. The van der Waals surface area contributed by atoms with Crippen molar-refractivity contribution in [2.45, 2.75) is 57.8 Å². The second kappa shape index (κ2) is 20.9. The van der Waals surface area contributed by atoms with Gasteiger partial charge in [-0.2, -0.15) is 0 Å². The lowest BCUT2D eigenvalue weighted by Crippen LogP contribution is -2.05. The molecule has 0 atom stereocenters. The topological polar surface area (TPSA) is 95.1 Å². The SMILES string of the molecule is COC(=O)c1ccccc1Nc1cc(Cl)c(OCCCCCCCCCCCOc2c(Cl)cc(Nc3ccccc3C(=O)OC)cc2Cl)c(Cl)c1. The van der Waals surface area contributed by atoms with Crippen molar-refractivity contribution in [1.29, 1.82) is 0 Å². The smallest absolute Gasteiger partial charge is 0.339 e. The fourth-order valence-corrected chi connectivity index (χ4v) is 6.59. The van der Waals surface area contributed by atoms with Crippen LogP contribution in [0, 0.1) is 0 Å². The van der Waals surface area contributed by atoms with Crippen LogP contribution in [-0.4, -0.2) is 39.4 Å². The van der Waals surface area contributed by atoms with Crippen LogP contribution in [0.5, 0.6) is 11.5 Å². The second-order valence-corrected chi connectivity index (χ2v) is 13.4. The molecule has 0 unspecified atom stereocenters. The lowest BCUT2D eigenvalue weighted by atomic mass is 10.1. The van der Waals surface area contributed by atoms with Gasteiger partial charge in [0.25, 0.3) is 0 Å². The van der Waals surface area contributed by atoms with Crippen molar-refractivity contribution in [3.63, 3.8) is 0 Å². The van der Waals surface area contributed by atoms with Gasteiger partial charge in [0.15, 0.2) is 11.5 Å². The van der Waals surface area contributed by atoms with Crippen molar-refractivity contribution in [3.8, 4) is 11.5 Å². The zero-order valence-corrected chi connectivity index (χ0v) is 31.7. The lowest BCUT2D eigenvalue weighted by Gasteiger charge is -2.14. The standard InChI is InChI=1S/C39H42Cl4N2O6/c1-48-38(46)28-16-10-12-18-34(28)44-26-22-30(40)36(31(41)23-26)50-20-14-8-6-4-3-5-7-9-15-21-51-37-32(42)24-27(25-33(37)43)45-35-19-13-11-17-29(35)39(47)49-2/h10-13,16-19,22-25,44-45H,3-9,14-15,20-21H2,1-2H3. The van der Waals surface area contributed by atoms with Crippen LogP contribution in [-0.2, 0) is 9.47 Å². The average molecular weight is 777 g/mol. The Hall–Kier alpha value is -3.82. The first-order valence-corrected chi connectivity index (χ1v) is 18.4. The summed E-state index contributed by atoms with van der Waals surface area (Å²) in [5.74, 6) is 0.0221. The molecule has 0 saturated carbocycles. The Morgan fingerprint density at radius 2 is 0.824 bits per heavy atom. The van der Waals surface area contributed by atoms with Gasteiger partial charge in [-0.25, -0.2) is 9.59 Å². The van der Waals surface area contributed by atoms with Gasteiger partial charge in [-0.15, -0.1) is 0 Å². The number of para-hydroxylation sites is 2. The molecule has 4 aromatic rings. The van der Waals surface area contributed by atoms with Gasteiger partial charge < -0.3 is 29.6 Å². The molecule has 0 aliphatic heterocycles. The van der Waals surface area contributed by atoms with E-state index in [-0.39, 0.29) is 0 Å². The Morgan fingerprint density at radius 3 is 1.16 bits per heavy atom. The normalized spacial score (nSPS) is 10.8. The summed E-state index contributed by atoms with van der Waals surface area (Å²) in [7, 11) is 2.68. The number of anilines is 4. The Balaban J connectivity index is 1.07. The zero-order chi connectivity index (χ0) is 36.6. The number of carbonyl (C=O) groups is 2. The number of carbonyl (C=O) groups excluding carboxylic acids is 2. The summed E-state index contributed by atoms with van der Waals surface area (Å²) in [5.41, 5.74) is 3.26. The number of esters is 2. The molecule has 0 aliphatic carbocycles.